The van der Waals surface area contributed by atoms with Crippen LogP contribution in [0, 0.1) is 6.92 Å². The van der Waals surface area contributed by atoms with Gasteiger partial charge in [-0.15, -0.1) is 0 Å². The number of hydroxylamine groups is 1. The quantitative estimate of drug-likeness (QED) is 0.733. The van der Waals surface area contributed by atoms with Gasteiger partial charge in [-0.2, -0.15) is 13.2 Å². The fraction of sp³-hybridized carbons (Fsp3) is 0.222. The van der Waals surface area contributed by atoms with E-state index in [1.54, 1.807) is 24.3 Å². The Labute approximate surface area is 158 Å². The van der Waals surface area contributed by atoms with Gasteiger partial charge in [0.1, 0.15) is 0 Å². The average molecular weight is 401 g/mol. The largest absolute Gasteiger partial charge is 0.416 e. The molecule has 0 aromatic heterocycles. The number of hydrogen-bond acceptors (Lipinski definition) is 3. The van der Waals surface area contributed by atoms with Gasteiger partial charge in [-0.05, 0) is 61.9 Å². The van der Waals surface area contributed by atoms with Crippen LogP contribution in [0.2, 0.25) is 5.02 Å². The van der Waals surface area contributed by atoms with Gasteiger partial charge in [0, 0.05) is 16.3 Å². The number of halogens is 4. The van der Waals surface area contributed by atoms with E-state index in [0.29, 0.717) is 16.8 Å². The molecule has 0 aliphatic rings. The molecular formula is C18H16ClF3N2O3. The molecule has 2 aromatic carbocycles. The predicted molar refractivity (Wildman–Crippen MR) is 94.3 cm³/mol. The summed E-state index contributed by atoms with van der Waals surface area (Å²) < 4.78 is 38.5. The van der Waals surface area contributed by atoms with Crippen LogP contribution in [0.5, 0.6) is 0 Å². The van der Waals surface area contributed by atoms with Crippen LogP contribution < -0.4 is 10.8 Å². The third-order valence-electron chi connectivity index (χ3n) is 3.48. The minimum atomic E-state index is -4.58. The number of aryl methyl sites for hydroxylation is 1. The summed E-state index contributed by atoms with van der Waals surface area (Å²) in [5.74, 6) is -1.45. The highest BCUT2D eigenvalue weighted by atomic mass is 35.5. The Kier molecular flexibility index (Phi) is 6.45. The summed E-state index contributed by atoms with van der Waals surface area (Å²) in [5, 5.41) is 3.05. The van der Waals surface area contributed by atoms with Crippen molar-refractivity contribution in [2.24, 2.45) is 0 Å². The van der Waals surface area contributed by atoms with Gasteiger partial charge in [0.05, 0.1) is 5.56 Å². The SMILES string of the molecule is Cc1cc(C(=O)NOC(C)C(=O)Nc2ccc(Cl)cc2)cc(C(F)(F)F)c1. The number of alkyl halides is 3. The maximum atomic E-state index is 12.8. The maximum Gasteiger partial charge on any atom is 0.416 e. The Morgan fingerprint density at radius 2 is 1.74 bits per heavy atom. The molecule has 5 nitrogen and oxygen atoms in total. The maximum absolute atomic E-state index is 12.8. The summed E-state index contributed by atoms with van der Waals surface area (Å²) in [6, 6.07) is 9.26. The lowest BCUT2D eigenvalue weighted by atomic mass is 10.1. The van der Waals surface area contributed by atoms with E-state index >= 15 is 0 Å². The zero-order valence-corrected chi connectivity index (χ0v) is 15.1. The lowest BCUT2D eigenvalue weighted by molar-refractivity contribution is -0.137. The molecule has 0 saturated heterocycles. The van der Waals surface area contributed by atoms with Crippen LogP contribution in [0.1, 0.15) is 28.4 Å². The summed E-state index contributed by atoms with van der Waals surface area (Å²) >= 11 is 5.75. The number of hydrogen-bond donors (Lipinski definition) is 2. The van der Waals surface area contributed by atoms with E-state index in [1.807, 2.05) is 5.48 Å². The van der Waals surface area contributed by atoms with Crippen LogP contribution in [0.3, 0.4) is 0 Å². The van der Waals surface area contributed by atoms with Crippen LogP contribution in [0.15, 0.2) is 42.5 Å². The van der Waals surface area contributed by atoms with E-state index in [-0.39, 0.29) is 11.1 Å². The highest BCUT2D eigenvalue weighted by Gasteiger charge is 2.31. The van der Waals surface area contributed by atoms with Gasteiger partial charge in [0.25, 0.3) is 11.8 Å². The van der Waals surface area contributed by atoms with Crippen molar-refractivity contribution in [3.8, 4) is 0 Å². The number of carbonyl (C=O) groups is 2. The Hall–Kier alpha value is -2.58. The Balaban J connectivity index is 1.97. The van der Waals surface area contributed by atoms with E-state index in [2.05, 4.69) is 5.32 Å². The van der Waals surface area contributed by atoms with Crippen molar-refractivity contribution in [2.45, 2.75) is 26.1 Å². The summed E-state index contributed by atoms with van der Waals surface area (Å²) in [5.41, 5.74) is 1.56. The molecule has 2 amide bonds. The van der Waals surface area contributed by atoms with Crippen LogP contribution in [-0.2, 0) is 15.8 Å². The molecule has 0 bridgehead atoms. The van der Waals surface area contributed by atoms with Crippen molar-refractivity contribution in [3.05, 3.63) is 64.2 Å². The number of anilines is 1. The van der Waals surface area contributed by atoms with Crippen molar-refractivity contribution in [1.82, 2.24) is 5.48 Å². The van der Waals surface area contributed by atoms with Gasteiger partial charge in [0.15, 0.2) is 6.10 Å². The number of benzene rings is 2. The minimum absolute atomic E-state index is 0.229. The molecule has 0 aliphatic heterocycles. The highest BCUT2D eigenvalue weighted by Crippen LogP contribution is 2.30. The van der Waals surface area contributed by atoms with Crippen LogP contribution in [0.4, 0.5) is 18.9 Å². The zero-order chi connectivity index (χ0) is 20.2. The van der Waals surface area contributed by atoms with Gasteiger partial charge >= 0.3 is 6.18 Å². The second-order valence-corrected chi connectivity index (χ2v) is 6.21. The van der Waals surface area contributed by atoms with Crippen LogP contribution in [-0.4, -0.2) is 17.9 Å². The van der Waals surface area contributed by atoms with Gasteiger partial charge in [-0.25, -0.2) is 5.48 Å². The minimum Gasteiger partial charge on any atom is -0.324 e. The van der Waals surface area contributed by atoms with Crippen LogP contribution in [0.25, 0.3) is 0 Å². The molecule has 0 spiro atoms. The number of amides is 2. The molecule has 0 aliphatic carbocycles. The third kappa shape index (κ3) is 5.97. The van der Waals surface area contributed by atoms with Crippen molar-refractivity contribution in [1.29, 1.82) is 0 Å². The van der Waals surface area contributed by atoms with E-state index < -0.39 is 29.7 Å². The standard InChI is InChI=1S/C18H16ClF3N2O3/c1-10-7-12(9-13(8-10)18(20,21)22)17(26)24-27-11(2)16(25)23-15-5-3-14(19)4-6-15/h3-9,11H,1-2H3,(H,23,25)(H,24,26). The van der Waals surface area contributed by atoms with E-state index in [1.165, 1.54) is 19.9 Å². The van der Waals surface area contributed by atoms with Crippen molar-refractivity contribution in [2.75, 3.05) is 5.32 Å². The fourth-order valence-corrected chi connectivity index (χ4v) is 2.24. The van der Waals surface area contributed by atoms with Crippen molar-refractivity contribution < 1.29 is 27.6 Å². The molecule has 9 heteroatoms. The van der Waals surface area contributed by atoms with E-state index in [9.17, 15) is 22.8 Å². The molecule has 2 aromatic rings. The van der Waals surface area contributed by atoms with Gasteiger partial charge in [0.2, 0.25) is 0 Å². The molecule has 2 rings (SSSR count). The first kappa shape index (κ1) is 20.7. The van der Waals surface area contributed by atoms with Gasteiger partial charge in [-0.1, -0.05) is 11.6 Å². The van der Waals surface area contributed by atoms with Crippen LogP contribution >= 0.6 is 11.6 Å². The molecular weight excluding hydrogens is 385 g/mol. The predicted octanol–water partition coefficient (Wildman–Crippen LogP) is 4.36. The van der Waals surface area contributed by atoms with Crippen molar-refractivity contribution in [3.63, 3.8) is 0 Å². The average Bonchev–Trinajstić information content (AvgIpc) is 2.60. The normalized spacial score (nSPS) is 12.4. The third-order valence-corrected chi connectivity index (χ3v) is 3.73. The highest BCUT2D eigenvalue weighted by molar-refractivity contribution is 6.30. The topological polar surface area (TPSA) is 67.4 Å². The smallest absolute Gasteiger partial charge is 0.324 e. The first-order valence-corrected chi connectivity index (χ1v) is 8.15. The molecule has 2 N–H and O–H groups in total. The Morgan fingerprint density at radius 1 is 1.11 bits per heavy atom. The summed E-state index contributed by atoms with van der Waals surface area (Å²) in [4.78, 5) is 29.0. The first-order valence-electron chi connectivity index (χ1n) is 7.77. The molecule has 1 unspecified atom stereocenters. The fourth-order valence-electron chi connectivity index (χ4n) is 2.11. The molecule has 0 heterocycles. The summed E-state index contributed by atoms with van der Waals surface area (Å²) in [6.45, 7) is 2.82. The first-order chi connectivity index (χ1) is 12.6. The Morgan fingerprint density at radius 3 is 2.33 bits per heavy atom. The zero-order valence-electron chi connectivity index (χ0n) is 14.4. The number of nitrogens with one attached hydrogen (secondary N) is 2. The van der Waals surface area contributed by atoms with E-state index in [4.69, 9.17) is 16.4 Å². The second-order valence-electron chi connectivity index (χ2n) is 5.77. The molecule has 0 saturated carbocycles. The van der Waals surface area contributed by atoms with Crippen molar-refractivity contribution >= 4 is 29.1 Å². The lowest BCUT2D eigenvalue weighted by Crippen LogP contribution is -2.35. The molecule has 0 fully saturated rings. The molecule has 0 radical (unpaired) electrons. The van der Waals surface area contributed by atoms with Gasteiger partial charge in [-0.3, -0.25) is 14.4 Å². The van der Waals surface area contributed by atoms with E-state index in [0.717, 1.165) is 6.07 Å². The summed E-state index contributed by atoms with van der Waals surface area (Å²) in [7, 11) is 0. The molecule has 144 valence electrons. The number of rotatable bonds is 5. The summed E-state index contributed by atoms with van der Waals surface area (Å²) in [6.07, 6.45) is -5.66. The molecule has 27 heavy (non-hydrogen) atoms. The monoisotopic (exact) mass is 400 g/mol. The Bertz CT molecular complexity index is 839. The number of carbonyl (C=O) groups excluding carboxylic acids is 2. The van der Waals surface area contributed by atoms with Gasteiger partial charge < -0.3 is 5.32 Å². The lowest BCUT2D eigenvalue weighted by Gasteiger charge is -2.14. The molecule has 1 atom stereocenters. The second kappa shape index (κ2) is 8.41.